The first-order chi connectivity index (χ1) is 6.11. The van der Waals surface area contributed by atoms with E-state index in [0.29, 0.717) is 6.42 Å². The summed E-state index contributed by atoms with van der Waals surface area (Å²) in [6, 6.07) is 3.90. The average Bonchev–Trinajstić information content (AvgIpc) is 2.13. The van der Waals surface area contributed by atoms with Gasteiger partial charge in [-0.3, -0.25) is 4.98 Å². The summed E-state index contributed by atoms with van der Waals surface area (Å²) in [6.07, 6.45) is 4.44. The van der Waals surface area contributed by atoms with Crippen LogP contribution < -0.4 is 0 Å². The summed E-state index contributed by atoms with van der Waals surface area (Å²) in [5.41, 5.74) is 2.28. The molecule has 0 radical (unpaired) electrons. The van der Waals surface area contributed by atoms with Crippen LogP contribution in [0.2, 0.25) is 0 Å². The van der Waals surface area contributed by atoms with Gasteiger partial charge >= 0.3 is 0 Å². The van der Waals surface area contributed by atoms with Crippen LogP contribution in [0.15, 0.2) is 24.4 Å². The van der Waals surface area contributed by atoms with Crippen molar-refractivity contribution in [2.75, 3.05) is 0 Å². The number of fused-ring (bicyclic) bond motifs is 1. The van der Waals surface area contributed by atoms with Gasteiger partial charge in [0.25, 0.3) is 0 Å². The lowest BCUT2D eigenvalue weighted by molar-refractivity contribution is 0.0542. The van der Waals surface area contributed by atoms with E-state index in [4.69, 9.17) is 0 Å². The number of hydrogen-bond donors (Lipinski definition) is 1. The summed E-state index contributed by atoms with van der Waals surface area (Å²) in [7, 11) is 0. The Balaban J connectivity index is 2.64. The van der Waals surface area contributed by atoms with E-state index >= 15 is 0 Å². The van der Waals surface area contributed by atoms with Crippen molar-refractivity contribution >= 4 is 5.57 Å². The molecule has 68 valence electrons. The van der Waals surface area contributed by atoms with Crippen LogP contribution in [0, 0.1) is 0 Å². The van der Waals surface area contributed by atoms with Gasteiger partial charge in [-0.2, -0.15) is 0 Å². The minimum absolute atomic E-state index is 0.656. The smallest absolute Gasteiger partial charge is 0.108 e. The molecule has 0 aliphatic heterocycles. The molecule has 1 atom stereocenters. The van der Waals surface area contributed by atoms with Crippen molar-refractivity contribution in [1.29, 1.82) is 0 Å². The summed E-state index contributed by atoms with van der Waals surface area (Å²) in [4.78, 5) is 4.23. The zero-order chi connectivity index (χ0) is 9.47. The van der Waals surface area contributed by atoms with Crippen molar-refractivity contribution in [2.45, 2.75) is 25.9 Å². The fourth-order valence-corrected chi connectivity index (χ4v) is 1.71. The standard InChI is InChI=1S/C11H13NO/c1-8-5-6-11(2,13)10-9(8)4-3-7-12-10/h3-5,7,13H,6H2,1-2H3. The topological polar surface area (TPSA) is 33.1 Å². The number of allylic oxidation sites excluding steroid dienone is 1. The van der Waals surface area contributed by atoms with Gasteiger partial charge in [0.1, 0.15) is 5.60 Å². The lowest BCUT2D eigenvalue weighted by Crippen LogP contribution is -2.25. The van der Waals surface area contributed by atoms with Crippen molar-refractivity contribution in [3.8, 4) is 0 Å². The van der Waals surface area contributed by atoms with Gasteiger partial charge in [0.15, 0.2) is 0 Å². The molecule has 1 aromatic heterocycles. The third kappa shape index (κ3) is 1.27. The van der Waals surface area contributed by atoms with Gasteiger partial charge in [0.05, 0.1) is 5.69 Å². The number of hydrogen-bond acceptors (Lipinski definition) is 2. The van der Waals surface area contributed by atoms with Gasteiger partial charge < -0.3 is 5.11 Å². The maximum atomic E-state index is 10.0. The van der Waals surface area contributed by atoms with Gasteiger partial charge in [0.2, 0.25) is 0 Å². The SMILES string of the molecule is CC1=CCC(C)(O)c2ncccc21. The van der Waals surface area contributed by atoms with E-state index in [0.717, 1.165) is 11.3 Å². The maximum Gasteiger partial charge on any atom is 0.108 e. The number of aromatic nitrogens is 1. The molecule has 1 unspecified atom stereocenters. The van der Waals surface area contributed by atoms with Crippen molar-refractivity contribution < 1.29 is 5.11 Å². The summed E-state index contributed by atoms with van der Waals surface area (Å²) >= 11 is 0. The van der Waals surface area contributed by atoms with Gasteiger partial charge in [-0.1, -0.05) is 12.1 Å². The minimum Gasteiger partial charge on any atom is -0.383 e. The van der Waals surface area contributed by atoms with Crippen molar-refractivity contribution in [3.63, 3.8) is 0 Å². The highest BCUT2D eigenvalue weighted by atomic mass is 16.3. The fourth-order valence-electron chi connectivity index (χ4n) is 1.71. The molecule has 0 aromatic carbocycles. The molecule has 0 saturated carbocycles. The molecule has 1 heterocycles. The Morgan fingerprint density at radius 2 is 2.31 bits per heavy atom. The molecule has 1 N–H and O–H groups in total. The molecular weight excluding hydrogens is 162 g/mol. The Bertz CT molecular complexity index is 366. The Morgan fingerprint density at radius 1 is 1.54 bits per heavy atom. The van der Waals surface area contributed by atoms with Crippen LogP contribution in [0.4, 0.5) is 0 Å². The van der Waals surface area contributed by atoms with E-state index in [2.05, 4.69) is 18.0 Å². The van der Waals surface area contributed by atoms with E-state index in [1.165, 1.54) is 5.57 Å². The summed E-state index contributed by atoms with van der Waals surface area (Å²) in [6.45, 7) is 3.86. The van der Waals surface area contributed by atoms with E-state index < -0.39 is 5.60 Å². The predicted octanol–water partition coefficient (Wildman–Crippen LogP) is 2.10. The van der Waals surface area contributed by atoms with Crippen molar-refractivity contribution in [3.05, 3.63) is 35.7 Å². The molecule has 0 saturated heterocycles. The van der Waals surface area contributed by atoms with E-state index in [9.17, 15) is 5.11 Å². The van der Waals surface area contributed by atoms with Crippen LogP contribution in [0.25, 0.3) is 5.57 Å². The minimum atomic E-state index is -0.796. The Morgan fingerprint density at radius 3 is 3.00 bits per heavy atom. The molecule has 2 rings (SSSR count). The fraction of sp³-hybridized carbons (Fsp3) is 0.364. The molecule has 0 amide bonds. The molecule has 0 fully saturated rings. The van der Waals surface area contributed by atoms with Crippen LogP contribution in [0.3, 0.4) is 0 Å². The van der Waals surface area contributed by atoms with E-state index in [1.807, 2.05) is 19.1 Å². The van der Waals surface area contributed by atoms with E-state index in [-0.39, 0.29) is 0 Å². The largest absolute Gasteiger partial charge is 0.383 e. The third-order valence-corrected chi connectivity index (χ3v) is 2.55. The quantitative estimate of drug-likeness (QED) is 0.655. The normalized spacial score (nSPS) is 26.5. The Kier molecular flexibility index (Phi) is 1.74. The van der Waals surface area contributed by atoms with Crippen LogP contribution in [0.5, 0.6) is 0 Å². The lowest BCUT2D eigenvalue weighted by Gasteiger charge is -2.28. The van der Waals surface area contributed by atoms with Crippen LogP contribution in [0.1, 0.15) is 31.5 Å². The molecule has 13 heavy (non-hydrogen) atoms. The number of pyridine rings is 1. The first-order valence-electron chi connectivity index (χ1n) is 4.46. The van der Waals surface area contributed by atoms with Crippen LogP contribution in [-0.4, -0.2) is 10.1 Å². The first kappa shape index (κ1) is 8.45. The summed E-state index contributed by atoms with van der Waals surface area (Å²) < 4.78 is 0. The Labute approximate surface area is 77.9 Å². The van der Waals surface area contributed by atoms with Gasteiger partial charge in [-0.15, -0.1) is 0 Å². The van der Waals surface area contributed by atoms with Crippen LogP contribution >= 0.6 is 0 Å². The molecule has 2 heteroatoms. The molecule has 0 bridgehead atoms. The monoisotopic (exact) mass is 175 g/mol. The van der Waals surface area contributed by atoms with Gasteiger partial charge in [-0.25, -0.2) is 0 Å². The highest BCUT2D eigenvalue weighted by Crippen LogP contribution is 2.34. The van der Waals surface area contributed by atoms with Gasteiger partial charge in [-0.05, 0) is 25.5 Å². The third-order valence-electron chi connectivity index (χ3n) is 2.55. The van der Waals surface area contributed by atoms with Gasteiger partial charge in [0, 0.05) is 18.2 Å². The molecule has 2 nitrogen and oxygen atoms in total. The number of rotatable bonds is 0. The second-order valence-electron chi connectivity index (χ2n) is 3.76. The lowest BCUT2D eigenvalue weighted by atomic mass is 9.85. The summed E-state index contributed by atoms with van der Waals surface area (Å²) in [5.74, 6) is 0. The number of aliphatic hydroxyl groups is 1. The maximum absolute atomic E-state index is 10.0. The van der Waals surface area contributed by atoms with Crippen molar-refractivity contribution in [1.82, 2.24) is 4.98 Å². The highest BCUT2D eigenvalue weighted by Gasteiger charge is 2.29. The highest BCUT2D eigenvalue weighted by molar-refractivity contribution is 5.68. The van der Waals surface area contributed by atoms with E-state index in [1.54, 1.807) is 6.20 Å². The second-order valence-corrected chi connectivity index (χ2v) is 3.76. The molecule has 0 spiro atoms. The Hall–Kier alpha value is -1.15. The first-order valence-corrected chi connectivity index (χ1v) is 4.46. The zero-order valence-corrected chi connectivity index (χ0v) is 7.91. The average molecular weight is 175 g/mol. The summed E-state index contributed by atoms with van der Waals surface area (Å²) in [5, 5.41) is 10.0. The zero-order valence-electron chi connectivity index (χ0n) is 7.91. The molecular formula is C11H13NO. The number of nitrogens with zero attached hydrogens (tertiary/aromatic N) is 1. The molecule has 1 aromatic rings. The molecule has 1 aliphatic rings. The predicted molar refractivity (Wildman–Crippen MR) is 52.1 cm³/mol. The second kappa shape index (κ2) is 2.67. The van der Waals surface area contributed by atoms with Crippen LogP contribution in [-0.2, 0) is 5.60 Å². The molecule has 1 aliphatic carbocycles. The van der Waals surface area contributed by atoms with Crippen molar-refractivity contribution in [2.24, 2.45) is 0 Å².